The lowest BCUT2D eigenvalue weighted by Crippen LogP contribution is -2.22. The fraction of sp³-hybridized carbons (Fsp3) is 0.909. The highest BCUT2D eigenvalue weighted by Gasteiger charge is 2.25. The van der Waals surface area contributed by atoms with Crippen molar-refractivity contribution in [1.29, 1.82) is 0 Å². The van der Waals surface area contributed by atoms with Crippen molar-refractivity contribution in [1.82, 2.24) is 0 Å². The molecular weight excluding hydrogens is 148 g/mol. The van der Waals surface area contributed by atoms with E-state index in [-0.39, 0.29) is 5.41 Å². The van der Waals surface area contributed by atoms with E-state index in [1.54, 1.807) is 0 Å². The topological polar surface area (TPSA) is 17.1 Å². The molecule has 12 heavy (non-hydrogen) atoms. The molecule has 0 amide bonds. The van der Waals surface area contributed by atoms with E-state index >= 15 is 0 Å². The molecule has 0 aromatic carbocycles. The Morgan fingerprint density at radius 1 is 1.25 bits per heavy atom. The molecule has 0 aromatic heterocycles. The van der Waals surface area contributed by atoms with Crippen LogP contribution in [0.25, 0.3) is 0 Å². The first kappa shape index (κ1) is 9.76. The second-order valence-electron chi connectivity index (χ2n) is 5.03. The van der Waals surface area contributed by atoms with Gasteiger partial charge in [-0.3, -0.25) is 4.79 Å². The zero-order valence-corrected chi connectivity index (χ0v) is 8.52. The van der Waals surface area contributed by atoms with Crippen LogP contribution in [-0.2, 0) is 4.79 Å². The van der Waals surface area contributed by atoms with E-state index in [4.69, 9.17) is 0 Å². The Morgan fingerprint density at radius 3 is 2.17 bits per heavy atom. The first-order chi connectivity index (χ1) is 5.50. The van der Waals surface area contributed by atoms with E-state index in [1.165, 1.54) is 25.7 Å². The molecule has 1 nitrogen and oxygen atoms in total. The van der Waals surface area contributed by atoms with Gasteiger partial charge in [0.05, 0.1) is 0 Å². The Hall–Kier alpha value is -0.330. The molecule has 0 bridgehead atoms. The first-order valence-electron chi connectivity index (χ1n) is 5.03. The molecule has 70 valence electrons. The van der Waals surface area contributed by atoms with Crippen molar-refractivity contribution in [2.75, 3.05) is 0 Å². The van der Waals surface area contributed by atoms with Gasteiger partial charge >= 0.3 is 0 Å². The summed E-state index contributed by atoms with van der Waals surface area (Å²) in [5.41, 5.74) is -0.122. The highest BCUT2D eigenvalue weighted by molar-refractivity contribution is 5.83. The quantitative estimate of drug-likeness (QED) is 0.619. The van der Waals surface area contributed by atoms with Crippen molar-refractivity contribution >= 4 is 5.78 Å². The van der Waals surface area contributed by atoms with E-state index in [0.29, 0.717) is 11.7 Å². The number of ketones is 1. The average molecular weight is 168 g/mol. The number of hydrogen-bond donors (Lipinski definition) is 0. The molecule has 0 N–H and O–H groups in total. The van der Waals surface area contributed by atoms with Crippen LogP contribution < -0.4 is 0 Å². The Balaban J connectivity index is 2.35. The van der Waals surface area contributed by atoms with Gasteiger partial charge in [-0.2, -0.15) is 0 Å². The van der Waals surface area contributed by atoms with E-state index in [2.05, 4.69) is 0 Å². The summed E-state index contributed by atoms with van der Waals surface area (Å²) in [6, 6.07) is 0. The van der Waals surface area contributed by atoms with Gasteiger partial charge in [0.2, 0.25) is 0 Å². The highest BCUT2D eigenvalue weighted by atomic mass is 16.1. The maximum Gasteiger partial charge on any atom is 0.138 e. The zero-order valence-electron chi connectivity index (χ0n) is 8.52. The Morgan fingerprint density at radius 2 is 1.75 bits per heavy atom. The van der Waals surface area contributed by atoms with Gasteiger partial charge in [0.25, 0.3) is 0 Å². The summed E-state index contributed by atoms with van der Waals surface area (Å²) in [5.74, 6) is 1.14. The summed E-state index contributed by atoms with van der Waals surface area (Å²) in [6.45, 7) is 6.05. The lowest BCUT2D eigenvalue weighted by Gasteiger charge is -2.18. The van der Waals surface area contributed by atoms with Gasteiger partial charge in [-0.1, -0.05) is 46.5 Å². The second-order valence-corrected chi connectivity index (χ2v) is 5.03. The molecule has 1 rings (SSSR count). The number of Topliss-reactive ketones (excluding diaryl/α,β-unsaturated/α-hetero) is 1. The fourth-order valence-corrected chi connectivity index (χ4v) is 1.78. The van der Waals surface area contributed by atoms with Crippen molar-refractivity contribution in [3.63, 3.8) is 0 Å². The molecule has 0 unspecified atom stereocenters. The third-order valence-corrected chi connectivity index (χ3v) is 2.79. The molecule has 1 aliphatic rings. The predicted molar refractivity (Wildman–Crippen MR) is 51.0 cm³/mol. The molecule has 0 aliphatic heterocycles. The number of carbonyl (C=O) groups is 1. The van der Waals surface area contributed by atoms with Crippen LogP contribution in [0.5, 0.6) is 0 Å². The van der Waals surface area contributed by atoms with Gasteiger partial charge in [-0.05, 0) is 5.92 Å². The molecule has 0 aromatic rings. The smallest absolute Gasteiger partial charge is 0.138 e. The first-order valence-corrected chi connectivity index (χ1v) is 5.03. The largest absolute Gasteiger partial charge is 0.299 e. The zero-order chi connectivity index (χ0) is 9.19. The number of carbonyl (C=O) groups excluding carboxylic acids is 1. The molecule has 1 aliphatic carbocycles. The van der Waals surface area contributed by atoms with Crippen LogP contribution in [0.15, 0.2) is 0 Å². The Kier molecular flexibility index (Phi) is 2.92. The van der Waals surface area contributed by atoms with Crippen molar-refractivity contribution < 1.29 is 4.79 Å². The van der Waals surface area contributed by atoms with E-state index in [9.17, 15) is 4.79 Å². The number of rotatable bonds is 2. The third-order valence-electron chi connectivity index (χ3n) is 2.79. The maximum atomic E-state index is 11.6. The van der Waals surface area contributed by atoms with Gasteiger partial charge in [-0.15, -0.1) is 0 Å². The summed E-state index contributed by atoms with van der Waals surface area (Å²) in [4.78, 5) is 11.6. The van der Waals surface area contributed by atoms with Crippen LogP contribution in [0.1, 0.15) is 52.9 Å². The summed E-state index contributed by atoms with van der Waals surface area (Å²) in [7, 11) is 0. The molecule has 0 radical (unpaired) electrons. The lowest BCUT2D eigenvalue weighted by atomic mass is 9.85. The second kappa shape index (κ2) is 3.59. The van der Waals surface area contributed by atoms with Crippen LogP contribution in [0, 0.1) is 11.3 Å². The van der Waals surface area contributed by atoms with Crippen molar-refractivity contribution in [2.45, 2.75) is 52.9 Å². The molecule has 0 spiro atoms. The molecular formula is C11H20O. The Bertz CT molecular complexity index is 158. The minimum atomic E-state index is -0.122. The summed E-state index contributed by atoms with van der Waals surface area (Å²) < 4.78 is 0. The molecule has 1 saturated carbocycles. The van der Waals surface area contributed by atoms with Crippen LogP contribution in [0.2, 0.25) is 0 Å². The van der Waals surface area contributed by atoms with Crippen LogP contribution in [-0.4, -0.2) is 5.78 Å². The Labute approximate surface area is 75.5 Å². The van der Waals surface area contributed by atoms with Crippen LogP contribution >= 0.6 is 0 Å². The van der Waals surface area contributed by atoms with Crippen molar-refractivity contribution in [3.05, 3.63) is 0 Å². The van der Waals surface area contributed by atoms with E-state index in [0.717, 1.165) is 6.42 Å². The number of hydrogen-bond acceptors (Lipinski definition) is 1. The molecule has 0 saturated heterocycles. The summed E-state index contributed by atoms with van der Waals surface area (Å²) in [5, 5.41) is 0. The van der Waals surface area contributed by atoms with Gasteiger partial charge in [0.1, 0.15) is 5.78 Å². The SMILES string of the molecule is CC(C)(C)C(=O)CC1CCCC1. The van der Waals surface area contributed by atoms with Gasteiger partial charge in [0.15, 0.2) is 0 Å². The van der Waals surface area contributed by atoms with Gasteiger partial charge in [-0.25, -0.2) is 0 Å². The minimum Gasteiger partial charge on any atom is -0.299 e. The van der Waals surface area contributed by atoms with Crippen molar-refractivity contribution in [3.8, 4) is 0 Å². The van der Waals surface area contributed by atoms with Gasteiger partial charge < -0.3 is 0 Å². The average Bonchev–Trinajstić information content (AvgIpc) is 2.37. The standard InChI is InChI=1S/C11H20O/c1-11(2,3)10(12)8-9-6-4-5-7-9/h9H,4-8H2,1-3H3. The predicted octanol–water partition coefficient (Wildman–Crippen LogP) is 3.18. The van der Waals surface area contributed by atoms with Crippen LogP contribution in [0.3, 0.4) is 0 Å². The summed E-state index contributed by atoms with van der Waals surface area (Å²) >= 11 is 0. The maximum absolute atomic E-state index is 11.6. The van der Waals surface area contributed by atoms with E-state index < -0.39 is 0 Å². The molecule has 0 heterocycles. The van der Waals surface area contributed by atoms with Crippen LogP contribution in [0.4, 0.5) is 0 Å². The summed E-state index contributed by atoms with van der Waals surface area (Å²) in [6.07, 6.45) is 6.05. The highest BCUT2D eigenvalue weighted by Crippen LogP contribution is 2.30. The van der Waals surface area contributed by atoms with E-state index in [1.807, 2.05) is 20.8 Å². The molecule has 1 heteroatoms. The normalized spacial score (nSPS) is 19.9. The molecule has 1 fully saturated rings. The van der Waals surface area contributed by atoms with Crippen molar-refractivity contribution in [2.24, 2.45) is 11.3 Å². The third kappa shape index (κ3) is 2.62. The van der Waals surface area contributed by atoms with Gasteiger partial charge in [0, 0.05) is 11.8 Å². The molecule has 0 atom stereocenters. The fourth-order valence-electron chi connectivity index (χ4n) is 1.78. The lowest BCUT2D eigenvalue weighted by molar-refractivity contribution is -0.127. The minimum absolute atomic E-state index is 0.122. The monoisotopic (exact) mass is 168 g/mol.